The molecule has 0 amide bonds. The van der Waals surface area contributed by atoms with E-state index in [1.165, 1.54) is 51.8 Å². The third-order valence-electron chi connectivity index (χ3n) is 7.13. The van der Waals surface area contributed by atoms with Crippen LogP contribution < -0.4 is 8.32 Å². The summed E-state index contributed by atoms with van der Waals surface area (Å²) in [6.45, 7) is 7.62. The van der Waals surface area contributed by atoms with Crippen LogP contribution in [0.1, 0.15) is 80.9 Å². The van der Waals surface area contributed by atoms with E-state index in [0.29, 0.717) is 12.5 Å². The van der Waals surface area contributed by atoms with Crippen LogP contribution in [0.2, 0.25) is 13.3 Å². The molecule has 0 bridgehead atoms. The zero-order chi connectivity index (χ0) is 26.3. The number of hydrogen-bond donors (Lipinski definition) is 0. The number of unbranched alkanes of at least 4 members (excludes halogenated alkanes) is 3. The van der Waals surface area contributed by atoms with E-state index < -0.39 is 24.3 Å². The van der Waals surface area contributed by atoms with Crippen molar-refractivity contribution in [2.45, 2.75) is 85.8 Å². The Balaban J connectivity index is 1.63. The maximum absolute atomic E-state index is 12.5. The predicted molar refractivity (Wildman–Crippen MR) is 155 cm³/mol. The van der Waals surface area contributed by atoms with Gasteiger partial charge in [-0.3, -0.25) is 0 Å². The van der Waals surface area contributed by atoms with Crippen molar-refractivity contribution in [2.75, 3.05) is 0 Å². The first kappa shape index (κ1) is 29.2. The maximum atomic E-state index is 12.5. The molecule has 0 spiro atoms. The van der Waals surface area contributed by atoms with E-state index in [4.69, 9.17) is 9.47 Å². The van der Waals surface area contributed by atoms with Crippen LogP contribution in [0, 0.1) is 0 Å². The number of ether oxygens (including phenoxy) is 2. The van der Waals surface area contributed by atoms with Crippen LogP contribution in [0.25, 0.3) is 0 Å². The SMILES string of the molecule is CCC[CH2][Sn]([CH2]CCC)([CH2]CCC)[c]1ccc(COc2cccc(C(=O)OCc3ccccc3)n2)cc1. The monoisotopic (exact) mass is 609 g/mol. The molecule has 0 saturated carbocycles. The van der Waals surface area contributed by atoms with Gasteiger partial charge in [0.05, 0.1) is 0 Å². The molecule has 5 heteroatoms. The van der Waals surface area contributed by atoms with Gasteiger partial charge in [0, 0.05) is 0 Å². The molecule has 37 heavy (non-hydrogen) atoms. The van der Waals surface area contributed by atoms with Crippen molar-refractivity contribution < 1.29 is 14.3 Å². The standard InChI is InChI=1S/C20H16NO3.3C4H9.Sn/c22-20(24-15-17-10-5-2-6-11-17)18-12-7-13-19(21-18)23-14-16-8-3-1-4-9-16;3*1-3-4-2;/h2-13H,14-15H2;3*1,3-4H2,2H3;. The Morgan fingerprint density at radius 1 is 0.703 bits per heavy atom. The van der Waals surface area contributed by atoms with E-state index in [-0.39, 0.29) is 12.3 Å². The van der Waals surface area contributed by atoms with Crippen molar-refractivity contribution in [1.82, 2.24) is 4.98 Å². The van der Waals surface area contributed by atoms with Gasteiger partial charge >= 0.3 is 193 Å². The molecule has 2 aromatic carbocycles. The molecule has 4 nitrogen and oxygen atoms in total. The minimum absolute atomic E-state index is 0.222. The molecule has 0 radical (unpaired) electrons. The Kier molecular flexibility index (Phi) is 12.5. The quantitative estimate of drug-likeness (QED) is 0.122. The average molecular weight is 608 g/mol. The van der Waals surface area contributed by atoms with Crippen molar-refractivity contribution in [3.63, 3.8) is 0 Å². The molecule has 3 rings (SSSR count). The number of nitrogens with zero attached hydrogens (tertiary/aromatic N) is 1. The Labute approximate surface area is 227 Å². The minimum atomic E-state index is -2.41. The van der Waals surface area contributed by atoms with Gasteiger partial charge in [0.2, 0.25) is 0 Å². The second kappa shape index (κ2) is 15.8. The molecule has 1 heterocycles. The van der Waals surface area contributed by atoms with Crippen LogP contribution in [-0.4, -0.2) is 29.3 Å². The summed E-state index contributed by atoms with van der Waals surface area (Å²) in [6.07, 6.45) is 7.95. The zero-order valence-corrected chi connectivity index (χ0v) is 25.7. The summed E-state index contributed by atoms with van der Waals surface area (Å²) in [5.41, 5.74) is 2.33. The van der Waals surface area contributed by atoms with Gasteiger partial charge in [-0.25, -0.2) is 0 Å². The third kappa shape index (κ3) is 9.17. The fourth-order valence-electron chi connectivity index (χ4n) is 4.87. The Hall–Kier alpha value is -2.34. The van der Waals surface area contributed by atoms with Gasteiger partial charge in [-0.2, -0.15) is 0 Å². The number of benzene rings is 2. The van der Waals surface area contributed by atoms with E-state index in [9.17, 15) is 4.79 Å². The summed E-state index contributed by atoms with van der Waals surface area (Å²) in [7, 11) is 0. The van der Waals surface area contributed by atoms with Gasteiger partial charge < -0.3 is 0 Å². The molecular weight excluding hydrogens is 565 g/mol. The van der Waals surface area contributed by atoms with Crippen LogP contribution in [0.15, 0.2) is 72.8 Å². The summed E-state index contributed by atoms with van der Waals surface area (Å²) >= 11 is -2.41. The van der Waals surface area contributed by atoms with Crippen LogP contribution in [-0.2, 0) is 18.0 Å². The van der Waals surface area contributed by atoms with Gasteiger partial charge in [0.15, 0.2) is 0 Å². The number of pyridine rings is 1. The first-order valence-corrected chi connectivity index (χ1v) is 21.5. The second-order valence-corrected chi connectivity index (χ2v) is 23.2. The molecule has 0 N–H and O–H groups in total. The van der Waals surface area contributed by atoms with E-state index in [2.05, 4.69) is 50.0 Å². The van der Waals surface area contributed by atoms with Crippen molar-refractivity contribution in [3.05, 3.63) is 89.6 Å². The molecule has 0 saturated heterocycles. The second-order valence-electron chi connectivity index (χ2n) is 10.00. The van der Waals surface area contributed by atoms with E-state index in [1.807, 2.05) is 30.3 Å². The molecule has 0 atom stereocenters. The summed E-state index contributed by atoms with van der Waals surface area (Å²) in [5, 5.41) is 0. The number of rotatable bonds is 16. The van der Waals surface area contributed by atoms with Crippen molar-refractivity contribution in [2.24, 2.45) is 0 Å². The Morgan fingerprint density at radius 3 is 1.89 bits per heavy atom. The van der Waals surface area contributed by atoms with Crippen LogP contribution in [0.5, 0.6) is 5.88 Å². The molecule has 1 aromatic heterocycles. The van der Waals surface area contributed by atoms with E-state index >= 15 is 0 Å². The third-order valence-corrected chi connectivity index (χ3v) is 22.8. The first-order valence-electron chi connectivity index (χ1n) is 14.0. The molecule has 0 aliphatic rings. The number of hydrogen-bond acceptors (Lipinski definition) is 4. The van der Waals surface area contributed by atoms with Crippen LogP contribution >= 0.6 is 0 Å². The molecule has 0 fully saturated rings. The number of esters is 1. The molecule has 3 aromatic rings. The Morgan fingerprint density at radius 2 is 1.30 bits per heavy atom. The molecular formula is C32H43NO3Sn. The normalized spacial score (nSPS) is 11.3. The fraction of sp³-hybridized carbons (Fsp3) is 0.438. The van der Waals surface area contributed by atoms with Crippen molar-refractivity contribution >= 4 is 27.9 Å². The fourth-order valence-corrected chi connectivity index (χ4v) is 20.8. The van der Waals surface area contributed by atoms with Crippen molar-refractivity contribution in [3.8, 4) is 5.88 Å². The van der Waals surface area contributed by atoms with Gasteiger partial charge in [0.25, 0.3) is 0 Å². The van der Waals surface area contributed by atoms with E-state index in [1.54, 1.807) is 21.8 Å². The van der Waals surface area contributed by atoms with Crippen molar-refractivity contribution in [1.29, 1.82) is 0 Å². The van der Waals surface area contributed by atoms with E-state index in [0.717, 1.165) is 11.1 Å². The summed E-state index contributed by atoms with van der Waals surface area (Å²) in [4.78, 5) is 16.8. The number of carbonyl (C=O) groups excluding carboxylic acids is 1. The Bertz CT molecular complexity index is 1050. The molecule has 198 valence electrons. The van der Waals surface area contributed by atoms with Gasteiger partial charge in [0.1, 0.15) is 0 Å². The summed E-state index contributed by atoms with van der Waals surface area (Å²) in [5.74, 6) is -0.0191. The molecule has 0 aliphatic heterocycles. The zero-order valence-electron chi connectivity index (χ0n) is 22.9. The topological polar surface area (TPSA) is 48.4 Å². The van der Waals surface area contributed by atoms with Gasteiger partial charge in [-0.05, 0) is 5.56 Å². The number of aromatic nitrogens is 1. The average Bonchev–Trinajstić information content (AvgIpc) is 2.95. The van der Waals surface area contributed by atoms with Crippen LogP contribution in [0.4, 0.5) is 0 Å². The summed E-state index contributed by atoms with van der Waals surface area (Å²) < 4.78 is 17.5. The van der Waals surface area contributed by atoms with Crippen LogP contribution in [0.3, 0.4) is 0 Å². The predicted octanol–water partition coefficient (Wildman–Crippen LogP) is 8.07. The number of carbonyl (C=O) groups is 1. The van der Waals surface area contributed by atoms with Gasteiger partial charge in [-0.1, -0.05) is 30.3 Å². The first-order chi connectivity index (χ1) is 18.1. The van der Waals surface area contributed by atoms with Gasteiger partial charge in [-0.15, -0.1) is 0 Å². The molecule has 0 aliphatic carbocycles. The summed E-state index contributed by atoms with van der Waals surface area (Å²) in [6, 6.07) is 24.1. The molecule has 0 unspecified atom stereocenters.